The molecule has 4 heterocycles. The highest BCUT2D eigenvalue weighted by Crippen LogP contribution is 2.58. The summed E-state index contributed by atoms with van der Waals surface area (Å²) >= 11 is 0. The van der Waals surface area contributed by atoms with Crippen molar-refractivity contribution in [3.05, 3.63) is 63.6 Å². The smallest absolute Gasteiger partial charge is 0.255 e. The van der Waals surface area contributed by atoms with Gasteiger partial charge in [0.25, 0.3) is 5.91 Å². The lowest BCUT2D eigenvalue weighted by atomic mass is 9.55. The predicted octanol–water partition coefficient (Wildman–Crippen LogP) is 4.08. The fourth-order valence-corrected chi connectivity index (χ4v) is 8.59. The lowest BCUT2D eigenvalue weighted by Gasteiger charge is -2.51. The van der Waals surface area contributed by atoms with E-state index < -0.39 is 0 Å². The summed E-state index contributed by atoms with van der Waals surface area (Å²) in [5.74, 6) is 2.19. The average molecular weight is 488 g/mol. The average Bonchev–Trinajstić information content (AvgIpc) is 3.60. The third-order valence-electron chi connectivity index (χ3n) is 10.3. The summed E-state index contributed by atoms with van der Waals surface area (Å²) in [6.45, 7) is 3.17. The Balaban J connectivity index is 1.32. The summed E-state index contributed by atoms with van der Waals surface area (Å²) in [5, 5.41) is 10.6. The van der Waals surface area contributed by atoms with Gasteiger partial charge in [0.1, 0.15) is 5.75 Å². The predicted molar refractivity (Wildman–Crippen MR) is 138 cm³/mol. The highest BCUT2D eigenvalue weighted by Gasteiger charge is 2.58. The summed E-state index contributed by atoms with van der Waals surface area (Å²) in [6, 6.07) is 10.0. The number of aromatic amines is 1. The van der Waals surface area contributed by atoms with Crippen LogP contribution in [0.2, 0.25) is 0 Å². The number of likely N-dealkylation sites (tertiary alicyclic amines) is 1. The maximum Gasteiger partial charge on any atom is 0.255 e. The number of phenols is 1. The molecule has 5 atom stereocenters. The van der Waals surface area contributed by atoms with Crippen molar-refractivity contribution >= 4 is 5.91 Å². The normalized spacial score (nSPS) is 33.7. The number of carbonyl (C=O) groups excluding carboxylic acids is 1. The number of amides is 1. The van der Waals surface area contributed by atoms with Gasteiger partial charge in [-0.1, -0.05) is 12.5 Å². The Morgan fingerprint density at radius 2 is 1.97 bits per heavy atom. The summed E-state index contributed by atoms with van der Waals surface area (Å²) in [6.07, 6.45) is 12.2. The molecule has 6 heteroatoms. The topological polar surface area (TPSA) is 76.6 Å². The standard InChI is InChI=1S/C30H37N3O3/c34-24-9-6-20-14-23-8-5-22-18-33(29(36)21-7-10-27(35)31-16-21)26-2-1-11-30(28(22)26,25(20)15-24)12-13-32(23)17-19-3-4-19/h6-7,9-10,15-16,19,22-23,26,28,34H,1-5,8,11-14,17-18H2,(H,31,35)/t22-,23?,26?,28?,30?/m1/s1. The molecule has 6 aliphatic rings. The van der Waals surface area contributed by atoms with Crippen LogP contribution in [0.3, 0.4) is 0 Å². The molecule has 1 spiro atoms. The Labute approximate surface area is 212 Å². The minimum absolute atomic E-state index is 0.00119. The highest BCUT2D eigenvalue weighted by atomic mass is 16.3. The molecule has 2 aromatic rings. The summed E-state index contributed by atoms with van der Waals surface area (Å²) in [4.78, 5) is 33.0. The fraction of sp³-hybridized carbons (Fsp3) is 0.600. The van der Waals surface area contributed by atoms with Crippen molar-refractivity contribution in [2.45, 2.75) is 75.3 Å². The minimum Gasteiger partial charge on any atom is -0.508 e. The number of H-pyrrole nitrogens is 1. The van der Waals surface area contributed by atoms with Crippen molar-refractivity contribution < 1.29 is 9.90 Å². The van der Waals surface area contributed by atoms with Crippen LogP contribution in [0.15, 0.2) is 41.3 Å². The molecule has 2 N–H and O–H groups in total. The third-order valence-corrected chi connectivity index (χ3v) is 10.3. The molecule has 1 amide bonds. The highest BCUT2D eigenvalue weighted by molar-refractivity contribution is 5.94. The zero-order chi connectivity index (χ0) is 24.4. The van der Waals surface area contributed by atoms with Crippen LogP contribution in [0.5, 0.6) is 5.75 Å². The number of aromatic hydroxyl groups is 1. The minimum atomic E-state index is -0.178. The molecule has 6 nitrogen and oxygen atoms in total. The lowest BCUT2D eigenvalue weighted by molar-refractivity contribution is 0.0545. The quantitative estimate of drug-likeness (QED) is 0.684. The molecule has 1 aromatic carbocycles. The molecule has 8 rings (SSSR count). The molecule has 190 valence electrons. The van der Waals surface area contributed by atoms with Gasteiger partial charge in [-0.05, 0) is 105 Å². The van der Waals surface area contributed by atoms with Gasteiger partial charge in [-0.3, -0.25) is 14.5 Å². The second-order valence-corrected chi connectivity index (χ2v) is 12.3. The van der Waals surface area contributed by atoms with Gasteiger partial charge in [0.05, 0.1) is 5.56 Å². The number of carbonyl (C=O) groups is 1. The van der Waals surface area contributed by atoms with Crippen molar-refractivity contribution in [2.75, 3.05) is 19.6 Å². The number of nitrogens with one attached hydrogen (secondary N) is 1. The molecular formula is C30H37N3O3. The van der Waals surface area contributed by atoms with Crippen LogP contribution in [0.1, 0.15) is 72.9 Å². The van der Waals surface area contributed by atoms with E-state index in [4.69, 9.17) is 0 Å². The Hall–Kier alpha value is -2.60. The fourth-order valence-electron chi connectivity index (χ4n) is 8.59. The largest absolute Gasteiger partial charge is 0.508 e. The van der Waals surface area contributed by atoms with Crippen LogP contribution in [0.4, 0.5) is 0 Å². The van der Waals surface area contributed by atoms with Gasteiger partial charge in [0.2, 0.25) is 5.56 Å². The Morgan fingerprint density at radius 1 is 1.08 bits per heavy atom. The van der Waals surface area contributed by atoms with E-state index in [1.54, 1.807) is 12.3 Å². The van der Waals surface area contributed by atoms with Gasteiger partial charge in [-0.2, -0.15) is 0 Å². The molecule has 4 fully saturated rings. The Bertz CT molecular complexity index is 1220. The summed E-state index contributed by atoms with van der Waals surface area (Å²) in [5.41, 5.74) is 3.20. The van der Waals surface area contributed by atoms with Crippen molar-refractivity contribution in [3.8, 4) is 5.75 Å². The number of aromatic nitrogens is 1. The van der Waals surface area contributed by atoms with Gasteiger partial charge in [0.15, 0.2) is 0 Å². The number of rotatable bonds is 3. The molecule has 2 saturated carbocycles. The first-order valence-corrected chi connectivity index (χ1v) is 14.1. The molecule has 36 heavy (non-hydrogen) atoms. The van der Waals surface area contributed by atoms with Crippen molar-refractivity contribution in [1.82, 2.24) is 14.8 Å². The van der Waals surface area contributed by atoms with Gasteiger partial charge in [-0.15, -0.1) is 0 Å². The van der Waals surface area contributed by atoms with Crippen molar-refractivity contribution in [3.63, 3.8) is 0 Å². The number of hydrogen-bond acceptors (Lipinski definition) is 4. The zero-order valence-corrected chi connectivity index (χ0v) is 21.0. The van der Waals surface area contributed by atoms with Gasteiger partial charge in [0, 0.05) is 42.9 Å². The van der Waals surface area contributed by atoms with E-state index in [0.717, 1.165) is 57.5 Å². The van der Waals surface area contributed by atoms with E-state index in [1.165, 1.54) is 43.0 Å². The summed E-state index contributed by atoms with van der Waals surface area (Å²) in [7, 11) is 0. The van der Waals surface area contributed by atoms with E-state index in [2.05, 4.69) is 26.9 Å². The van der Waals surface area contributed by atoms with Gasteiger partial charge < -0.3 is 15.0 Å². The first kappa shape index (κ1) is 22.6. The van der Waals surface area contributed by atoms with E-state index in [0.29, 0.717) is 29.2 Å². The molecule has 2 saturated heterocycles. The number of benzene rings is 1. The SMILES string of the molecule is O=C(c1ccc(=O)[nH]c1)N1C[C@H]2CCC3Cc4ccc(O)cc4C4(CCCC1C24)CCN3CC1CC1. The molecular weight excluding hydrogens is 450 g/mol. The molecule has 2 bridgehead atoms. The van der Waals surface area contributed by atoms with Crippen LogP contribution >= 0.6 is 0 Å². The van der Waals surface area contributed by atoms with Crippen LogP contribution < -0.4 is 5.56 Å². The van der Waals surface area contributed by atoms with Crippen LogP contribution in [0.25, 0.3) is 0 Å². The van der Waals surface area contributed by atoms with E-state index >= 15 is 0 Å². The van der Waals surface area contributed by atoms with Gasteiger partial charge in [-0.25, -0.2) is 0 Å². The second-order valence-electron chi connectivity index (χ2n) is 12.3. The number of nitrogens with zero attached hydrogens (tertiary/aromatic N) is 2. The van der Waals surface area contributed by atoms with E-state index in [1.807, 2.05) is 6.07 Å². The number of pyridine rings is 1. The Morgan fingerprint density at radius 3 is 2.78 bits per heavy atom. The zero-order valence-electron chi connectivity index (χ0n) is 21.0. The van der Waals surface area contributed by atoms with Crippen LogP contribution in [-0.2, 0) is 11.8 Å². The number of fused-ring (bicyclic) bond motifs is 3. The first-order valence-electron chi connectivity index (χ1n) is 14.1. The van der Waals surface area contributed by atoms with E-state index in [9.17, 15) is 14.7 Å². The van der Waals surface area contributed by atoms with Crippen LogP contribution in [0, 0.1) is 17.8 Å². The Kier molecular flexibility index (Phi) is 5.32. The first-order chi connectivity index (χ1) is 17.5. The second kappa shape index (κ2) is 8.47. The van der Waals surface area contributed by atoms with Crippen molar-refractivity contribution in [2.24, 2.45) is 17.8 Å². The number of phenolic OH excluding ortho intramolecular Hbond substituents is 1. The van der Waals surface area contributed by atoms with Crippen LogP contribution in [-0.4, -0.2) is 57.5 Å². The lowest BCUT2D eigenvalue weighted by Crippen LogP contribution is -2.52. The monoisotopic (exact) mass is 487 g/mol. The molecule has 3 aliphatic carbocycles. The molecule has 3 aliphatic heterocycles. The molecule has 0 radical (unpaired) electrons. The van der Waals surface area contributed by atoms with Gasteiger partial charge >= 0.3 is 0 Å². The van der Waals surface area contributed by atoms with E-state index in [-0.39, 0.29) is 22.9 Å². The van der Waals surface area contributed by atoms with Crippen molar-refractivity contribution in [1.29, 1.82) is 0 Å². The third kappa shape index (κ3) is 3.63. The molecule has 4 unspecified atom stereocenters. The summed E-state index contributed by atoms with van der Waals surface area (Å²) < 4.78 is 0. The number of hydrogen-bond donors (Lipinski definition) is 2. The molecule has 1 aromatic heterocycles. The maximum absolute atomic E-state index is 13.7. The maximum atomic E-state index is 13.7.